The second-order valence-corrected chi connectivity index (χ2v) is 8.18. The summed E-state index contributed by atoms with van der Waals surface area (Å²) in [4.78, 5) is 15.3. The summed E-state index contributed by atoms with van der Waals surface area (Å²) in [6.45, 7) is 4.01. The highest BCUT2D eigenvalue weighted by Crippen LogP contribution is 2.40. The number of oxazole rings is 1. The number of rotatable bonds is 6. The smallest absolute Gasteiger partial charge is 0.307 e. The van der Waals surface area contributed by atoms with Crippen molar-refractivity contribution in [2.75, 3.05) is 0 Å². The van der Waals surface area contributed by atoms with E-state index >= 15 is 0 Å². The lowest BCUT2D eigenvalue weighted by Crippen LogP contribution is -2.00. The van der Waals surface area contributed by atoms with Gasteiger partial charge >= 0.3 is 5.97 Å². The van der Waals surface area contributed by atoms with Gasteiger partial charge in [-0.25, -0.2) is 4.98 Å². The number of aromatic nitrogens is 1. The first-order valence-electron chi connectivity index (χ1n) is 8.41. The quantitative estimate of drug-likeness (QED) is 0.415. The Labute approximate surface area is 178 Å². The van der Waals surface area contributed by atoms with Crippen molar-refractivity contribution >= 4 is 37.8 Å². The van der Waals surface area contributed by atoms with E-state index in [4.69, 9.17) is 14.3 Å². The molecular weight excluding hydrogens is 494 g/mol. The van der Waals surface area contributed by atoms with Crippen molar-refractivity contribution in [3.63, 3.8) is 0 Å². The third-order valence-electron chi connectivity index (χ3n) is 3.95. The van der Waals surface area contributed by atoms with Crippen molar-refractivity contribution in [3.8, 4) is 28.7 Å². The maximum atomic E-state index is 10.9. The molecule has 0 saturated heterocycles. The molecule has 8 heteroatoms. The summed E-state index contributed by atoms with van der Waals surface area (Å²) in [5.41, 5.74) is 1.84. The highest BCUT2D eigenvalue weighted by Gasteiger charge is 2.16. The number of carbonyl (C=O) groups is 1. The van der Waals surface area contributed by atoms with Gasteiger partial charge in [0.15, 0.2) is 5.75 Å². The minimum atomic E-state index is -0.914. The largest absolute Gasteiger partial charge is 0.507 e. The fraction of sp³-hybridized carbons (Fsp3) is 0.200. The molecule has 0 aliphatic heterocycles. The third-order valence-corrected chi connectivity index (χ3v) is 5.12. The summed E-state index contributed by atoms with van der Waals surface area (Å²) >= 11 is 6.83. The summed E-state index contributed by atoms with van der Waals surface area (Å²) < 4.78 is 12.7. The molecule has 3 aromatic rings. The Bertz CT molecular complexity index is 1010. The van der Waals surface area contributed by atoms with Gasteiger partial charge in [0.25, 0.3) is 0 Å². The van der Waals surface area contributed by atoms with Crippen molar-refractivity contribution < 1.29 is 24.2 Å². The van der Waals surface area contributed by atoms with Crippen LogP contribution in [0.15, 0.2) is 50.0 Å². The maximum absolute atomic E-state index is 10.9. The predicted octanol–water partition coefficient (Wildman–Crippen LogP) is 6.12. The second kappa shape index (κ2) is 8.36. The van der Waals surface area contributed by atoms with Crippen LogP contribution < -0.4 is 4.74 Å². The van der Waals surface area contributed by atoms with Gasteiger partial charge in [0.1, 0.15) is 17.8 Å². The van der Waals surface area contributed by atoms with Crippen molar-refractivity contribution in [2.45, 2.75) is 26.2 Å². The van der Waals surface area contributed by atoms with Crippen LogP contribution in [0, 0.1) is 0 Å². The lowest BCUT2D eigenvalue weighted by Gasteiger charge is -2.12. The van der Waals surface area contributed by atoms with E-state index < -0.39 is 5.97 Å². The zero-order chi connectivity index (χ0) is 20.4. The fourth-order valence-corrected chi connectivity index (χ4v) is 3.97. The van der Waals surface area contributed by atoms with E-state index in [1.807, 2.05) is 13.8 Å². The number of nitrogens with zero attached hydrogens (tertiary/aromatic N) is 1. The second-order valence-electron chi connectivity index (χ2n) is 6.47. The van der Waals surface area contributed by atoms with Gasteiger partial charge in [0, 0.05) is 0 Å². The number of halogens is 2. The van der Waals surface area contributed by atoms with Gasteiger partial charge in [0.05, 0.1) is 26.6 Å². The molecular formula is C20H17Br2NO5. The lowest BCUT2D eigenvalue weighted by atomic mass is 10.1. The topological polar surface area (TPSA) is 92.8 Å². The number of phenols is 1. The van der Waals surface area contributed by atoms with E-state index in [2.05, 4.69) is 36.8 Å². The summed E-state index contributed by atoms with van der Waals surface area (Å²) in [7, 11) is 0. The molecule has 146 valence electrons. The van der Waals surface area contributed by atoms with E-state index in [0.29, 0.717) is 37.5 Å². The minimum Gasteiger partial charge on any atom is -0.507 e. The average Bonchev–Trinajstić information content (AvgIpc) is 3.09. The monoisotopic (exact) mass is 509 g/mol. The van der Waals surface area contributed by atoms with E-state index in [1.54, 1.807) is 30.5 Å². The van der Waals surface area contributed by atoms with Gasteiger partial charge in [-0.05, 0) is 73.7 Å². The Morgan fingerprint density at radius 2 is 1.89 bits per heavy atom. The normalized spacial score (nSPS) is 11.0. The fourth-order valence-electron chi connectivity index (χ4n) is 2.53. The lowest BCUT2D eigenvalue weighted by molar-refractivity contribution is -0.136. The molecule has 0 atom stereocenters. The van der Waals surface area contributed by atoms with Gasteiger partial charge in [-0.1, -0.05) is 13.8 Å². The molecule has 0 bridgehead atoms. The zero-order valence-electron chi connectivity index (χ0n) is 15.1. The first-order valence-corrected chi connectivity index (χ1v) is 9.99. The Morgan fingerprint density at radius 1 is 1.21 bits per heavy atom. The van der Waals surface area contributed by atoms with Crippen molar-refractivity contribution in [3.05, 3.63) is 56.8 Å². The number of ether oxygens (including phenoxy) is 1. The highest BCUT2D eigenvalue weighted by molar-refractivity contribution is 9.11. The number of aliphatic carboxylic acids is 1. The molecule has 3 rings (SSSR count). The summed E-state index contributed by atoms with van der Waals surface area (Å²) in [6, 6.07) is 8.14. The molecule has 2 aromatic carbocycles. The highest BCUT2D eigenvalue weighted by atomic mass is 79.9. The summed E-state index contributed by atoms with van der Waals surface area (Å²) in [6.07, 6.45) is 1.48. The van der Waals surface area contributed by atoms with Gasteiger partial charge < -0.3 is 19.4 Å². The Kier molecular flexibility index (Phi) is 6.10. The van der Waals surface area contributed by atoms with Crippen LogP contribution in [0.1, 0.15) is 31.0 Å². The van der Waals surface area contributed by atoms with Crippen LogP contribution in [-0.2, 0) is 11.2 Å². The molecule has 1 aromatic heterocycles. The molecule has 1 heterocycles. The summed E-state index contributed by atoms with van der Waals surface area (Å²) in [5, 5.41) is 19.2. The number of aromatic hydroxyl groups is 1. The number of hydrogen-bond acceptors (Lipinski definition) is 5. The molecule has 0 radical (unpaired) electrons. The first-order chi connectivity index (χ1) is 13.2. The van der Waals surface area contributed by atoms with E-state index in [1.165, 1.54) is 6.07 Å². The molecule has 28 heavy (non-hydrogen) atoms. The van der Waals surface area contributed by atoms with Crippen molar-refractivity contribution in [1.29, 1.82) is 0 Å². The van der Waals surface area contributed by atoms with Crippen LogP contribution in [0.4, 0.5) is 0 Å². The predicted molar refractivity (Wildman–Crippen MR) is 111 cm³/mol. The van der Waals surface area contributed by atoms with Crippen LogP contribution in [-0.4, -0.2) is 21.2 Å². The van der Waals surface area contributed by atoms with Crippen molar-refractivity contribution in [1.82, 2.24) is 4.98 Å². The van der Waals surface area contributed by atoms with Gasteiger partial charge in [0.2, 0.25) is 5.89 Å². The molecule has 0 saturated carbocycles. The molecule has 0 unspecified atom stereocenters. The maximum Gasteiger partial charge on any atom is 0.307 e. The SMILES string of the molecule is CC(C)c1coc(-c2cc(Oc3c(Br)cc(CC(=O)O)cc3Br)ccc2O)n1. The third kappa shape index (κ3) is 4.56. The minimum absolute atomic E-state index is 0.0273. The molecule has 6 nitrogen and oxygen atoms in total. The number of carboxylic acids is 1. The Balaban J connectivity index is 1.92. The number of carboxylic acid groups (broad SMARTS) is 1. The van der Waals surface area contributed by atoms with Crippen LogP contribution in [0.3, 0.4) is 0 Å². The van der Waals surface area contributed by atoms with Crippen LogP contribution in [0.25, 0.3) is 11.5 Å². The van der Waals surface area contributed by atoms with E-state index in [0.717, 1.165) is 5.69 Å². The average molecular weight is 511 g/mol. The van der Waals surface area contributed by atoms with E-state index in [9.17, 15) is 9.90 Å². The van der Waals surface area contributed by atoms with Crippen molar-refractivity contribution in [2.24, 2.45) is 0 Å². The molecule has 2 N–H and O–H groups in total. The first kappa shape index (κ1) is 20.4. The molecule has 0 aliphatic rings. The van der Waals surface area contributed by atoms with Crippen LogP contribution in [0.2, 0.25) is 0 Å². The Morgan fingerprint density at radius 3 is 2.46 bits per heavy atom. The Hall–Kier alpha value is -2.32. The number of benzene rings is 2. The summed E-state index contributed by atoms with van der Waals surface area (Å²) in [5.74, 6) is 0.573. The van der Waals surface area contributed by atoms with Gasteiger partial charge in [-0.15, -0.1) is 0 Å². The molecule has 0 amide bonds. The number of hydrogen-bond donors (Lipinski definition) is 2. The van der Waals surface area contributed by atoms with Gasteiger partial charge in [-0.2, -0.15) is 0 Å². The van der Waals surface area contributed by atoms with Gasteiger partial charge in [-0.3, -0.25) is 4.79 Å². The van der Waals surface area contributed by atoms with Crippen LogP contribution in [0.5, 0.6) is 17.2 Å². The molecule has 0 spiro atoms. The van der Waals surface area contributed by atoms with Crippen LogP contribution >= 0.6 is 31.9 Å². The zero-order valence-corrected chi connectivity index (χ0v) is 18.2. The number of phenolic OH excluding ortho intramolecular Hbond substituents is 1. The van der Waals surface area contributed by atoms with E-state index in [-0.39, 0.29) is 18.1 Å². The standard InChI is InChI=1S/C20H17Br2NO5/c1-10(2)16-9-27-20(23-16)13-8-12(3-4-17(13)24)28-19-14(21)5-11(6-15(19)22)7-18(25)26/h3-6,8-10,24H,7H2,1-2H3,(H,25,26). The molecule has 0 aliphatic carbocycles. The molecule has 0 fully saturated rings.